The smallest absolute Gasteiger partial charge is 0.128 e. The highest BCUT2D eigenvalue weighted by Gasteiger charge is 2.13. The highest BCUT2D eigenvalue weighted by atomic mass is 16.3. The average molecular weight is 192 g/mol. The molecule has 2 rings (SSSR count). The monoisotopic (exact) mass is 192 g/mol. The number of aliphatic hydroxyl groups is 1. The summed E-state index contributed by atoms with van der Waals surface area (Å²) in [6, 6.07) is 3.94. The summed E-state index contributed by atoms with van der Waals surface area (Å²) in [7, 11) is 0. The molecule has 1 aliphatic rings. The molecule has 14 heavy (non-hydrogen) atoms. The summed E-state index contributed by atoms with van der Waals surface area (Å²) in [5.74, 6) is 1.03. The fraction of sp³-hybridized carbons (Fsp3) is 0.545. The van der Waals surface area contributed by atoms with Crippen molar-refractivity contribution in [3.63, 3.8) is 0 Å². The van der Waals surface area contributed by atoms with Crippen LogP contribution in [0.15, 0.2) is 18.3 Å². The van der Waals surface area contributed by atoms with Crippen molar-refractivity contribution in [1.82, 2.24) is 4.98 Å². The van der Waals surface area contributed by atoms with E-state index >= 15 is 0 Å². The predicted molar refractivity (Wildman–Crippen MR) is 56.3 cm³/mol. The summed E-state index contributed by atoms with van der Waals surface area (Å²) in [6.45, 7) is 3.98. The van der Waals surface area contributed by atoms with Gasteiger partial charge in [-0.1, -0.05) is 6.07 Å². The lowest BCUT2D eigenvalue weighted by Crippen LogP contribution is -2.18. The van der Waals surface area contributed by atoms with Gasteiger partial charge in [-0.25, -0.2) is 4.98 Å². The van der Waals surface area contributed by atoms with Gasteiger partial charge in [-0.15, -0.1) is 0 Å². The fourth-order valence-electron chi connectivity index (χ4n) is 1.78. The van der Waals surface area contributed by atoms with Crippen LogP contribution in [0.3, 0.4) is 0 Å². The van der Waals surface area contributed by atoms with Crippen molar-refractivity contribution in [3.05, 3.63) is 23.9 Å². The Kier molecular flexibility index (Phi) is 2.68. The summed E-state index contributed by atoms with van der Waals surface area (Å²) in [5, 5.41) is 9.33. The van der Waals surface area contributed by atoms with Crippen LogP contribution < -0.4 is 4.90 Å². The Bertz CT molecular complexity index is 289. The number of rotatable bonds is 2. The lowest BCUT2D eigenvalue weighted by Gasteiger charge is -2.16. The van der Waals surface area contributed by atoms with Crippen molar-refractivity contribution in [2.45, 2.75) is 25.9 Å². The van der Waals surface area contributed by atoms with Gasteiger partial charge in [0.1, 0.15) is 5.82 Å². The second-order valence-corrected chi connectivity index (χ2v) is 3.82. The molecular formula is C11H16N2O. The fourth-order valence-corrected chi connectivity index (χ4v) is 1.78. The Labute approximate surface area is 84.4 Å². The van der Waals surface area contributed by atoms with Gasteiger partial charge in [0, 0.05) is 19.3 Å². The first-order chi connectivity index (χ1) is 6.77. The first kappa shape index (κ1) is 9.46. The Morgan fingerprint density at radius 1 is 1.36 bits per heavy atom. The number of anilines is 1. The van der Waals surface area contributed by atoms with Crippen LogP contribution in [0, 0.1) is 0 Å². The van der Waals surface area contributed by atoms with E-state index in [1.807, 2.05) is 12.1 Å². The molecule has 0 aromatic carbocycles. The quantitative estimate of drug-likeness (QED) is 0.775. The molecule has 1 aromatic heterocycles. The van der Waals surface area contributed by atoms with E-state index in [0.29, 0.717) is 0 Å². The molecular weight excluding hydrogens is 176 g/mol. The van der Waals surface area contributed by atoms with Gasteiger partial charge in [-0.3, -0.25) is 0 Å². The lowest BCUT2D eigenvalue weighted by atomic mass is 10.2. The zero-order valence-electron chi connectivity index (χ0n) is 8.48. The van der Waals surface area contributed by atoms with Gasteiger partial charge in [0.15, 0.2) is 0 Å². The van der Waals surface area contributed by atoms with Gasteiger partial charge in [0.05, 0.1) is 6.10 Å². The van der Waals surface area contributed by atoms with Gasteiger partial charge >= 0.3 is 0 Å². The maximum atomic E-state index is 9.33. The normalized spacial score (nSPS) is 18.6. The summed E-state index contributed by atoms with van der Waals surface area (Å²) in [4.78, 5) is 6.63. The number of pyridine rings is 1. The number of aromatic nitrogens is 1. The topological polar surface area (TPSA) is 36.4 Å². The Morgan fingerprint density at radius 3 is 2.57 bits per heavy atom. The second-order valence-electron chi connectivity index (χ2n) is 3.82. The molecule has 1 aromatic rings. The van der Waals surface area contributed by atoms with E-state index in [1.165, 1.54) is 12.8 Å². The van der Waals surface area contributed by atoms with Crippen molar-refractivity contribution in [1.29, 1.82) is 0 Å². The molecule has 1 saturated heterocycles. The van der Waals surface area contributed by atoms with E-state index in [1.54, 1.807) is 13.1 Å². The molecule has 0 aliphatic carbocycles. The standard InChI is InChI=1S/C11H16N2O/c1-9(14)10-4-5-11(12-8-10)13-6-2-3-7-13/h4-5,8-9,14H,2-3,6-7H2,1H3/t9-/m0/s1. The summed E-state index contributed by atoms with van der Waals surface area (Å²) in [6.07, 6.45) is 3.87. The van der Waals surface area contributed by atoms with Crippen molar-refractivity contribution >= 4 is 5.82 Å². The molecule has 3 nitrogen and oxygen atoms in total. The predicted octanol–water partition coefficient (Wildman–Crippen LogP) is 1.74. The van der Waals surface area contributed by atoms with E-state index in [0.717, 1.165) is 24.5 Å². The number of hydrogen-bond acceptors (Lipinski definition) is 3. The molecule has 0 amide bonds. The van der Waals surface area contributed by atoms with Crippen LogP contribution in [0.2, 0.25) is 0 Å². The highest BCUT2D eigenvalue weighted by Crippen LogP contribution is 2.19. The second kappa shape index (κ2) is 3.96. The van der Waals surface area contributed by atoms with Crippen molar-refractivity contribution in [2.75, 3.05) is 18.0 Å². The SMILES string of the molecule is C[C@H](O)c1ccc(N2CCCC2)nc1. The maximum Gasteiger partial charge on any atom is 0.128 e. The van der Waals surface area contributed by atoms with Crippen LogP contribution in [-0.4, -0.2) is 23.2 Å². The van der Waals surface area contributed by atoms with Crippen LogP contribution in [0.4, 0.5) is 5.82 Å². The third-order valence-corrected chi connectivity index (χ3v) is 2.68. The first-order valence-electron chi connectivity index (χ1n) is 5.16. The van der Waals surface area contributed by atoms with Gasteiger partial charge in [0.2, 0.25) is 0 Å². The molecule has 0 saturated carbocycles. The Morgan fingerprint density at radius 2 is 2.07 bits per heavy atom. The first-order valence-corrected chi connectivity index (χ1v) is 5.16. The van der Waals surface area contributed by atoms with Crippen LogP contribution in [0.5, 0.6) is 0 Å². The van der Waals surface area contributed by atoms with Gasteiger partial charge in [-0.2, -0.15) is 0 Å². The third kappa shape index (κ3) is 1.87. The summed E-state index contributed by atoms with van der Waals surface area (Å²) >= 11 is 0. The highest BCUT2D eigenvalue weighted by molar-refractivity contribution is 5.40. The maximum absolute atomic E-state index is 9.33. The van der Waals surface area contributed by atoms with Crippen LogP contribution in [-0.2, 0) is 0 Å². The average Bonchev–Trinajstić information content (AvgIpc) is 2.71. The minimum Gasteiger partial charge on any atom is -0.389 e. The molecule has 3 heteroatoms. The molecule has 76 valence electrons. The molecule has 0 radical (unpaired) electrons. The molecule has 0 unspecified atom stereocenters. The molecule has 0 bridgehead atoms. The molecule has 2 heterocycles. The van der Waals surface area contributed by atoms with E-state index in [9.17, 15) is 5.11 Å². The van der Waals surface area contributed by atoms with Crippen LogP contribution in [0.1, 0.15) is 31.4 Å². The zero-order chi connectivity index (χ0) is 9.97. The Hall–Kier alpha value is -1.09. The van der Waals surface area contributed by atoms with Crippen LogP contribution >= 0.6 is 0 Å². The largest absolute Gasteiger partial charge is 0.389 e. The van der Waals surface area contributed by atoms with E-state index < -0.39 is 6.10 Å². The van der Waals surface area contributed by atoms with Gasteiger partial charge in [0.25, 0.3) is 0 Å². The van der Waals surface area contributed by atoms with Gasteiger partial charge in [-0.05, 0) is 31.4 Å². The molecule has 1 aliphatic heterocycles. The minimum atomic E-state index is -0.421. The minimum absolute atomic E-state index is 0.421. The van der Waals surface area contributed by atoms with Crippen LogP contribution in [0.25, 0.3) is 0 Å². The van der Waals surface area contributed by atoms with Crippen molar-refractivity contribution in [2.24, 2.45) is 0 Å². The van der Waals surface area contributed by atoms with Crippen molar-refractivity contribution < 1.29 is 5.11 Å². The molecule has 1 atom stereocenters. The lowest BCUT2D eigenvalue weighted by molar-refractivity contribution is 0.199. The third-order valence-electron chi connectivity index (χ3n) is 2.68. The number of aliphatic hydroxyl groups excluding tert-OH is 1. The van der Waals surface area contributed by atoms with E-state index in [4.69, 9.17) is 0 Å². The summed E-state index contributed by atoms with van der Waals surface area (Å²) in [5.41, 5.74) is 0.882. The van der Waals surface area contributed by atoms with Gasteiger partial charge < -0.3 is 10.0 Å². The van der Waals surface area contributed by atoms with Crippen molar-refractivity contribution in [3.8, 4) is 0 Å². The number of hydrogen-bond donors (Lipinski definition) is 1. The van der Waals surface area contributed by atoms with E-state index in [-0.39, 0.29) is 0 Å². The molecule has 1 N–H and O–H groups in total. The number of nitrogens with zero attached hydrogens (tertiary/aromatic N) is 2. The molecule has 1 fully saturated rings. The summed E-state index contributed by atoms with van der Waals surface area (Å²) < 4.78 is 0. The Balaban J connectivity index is 2.12. The zero-order valence-corrected chi connectivity index (χ0v) is 8.48. The molecule has 0 spiro atoms. The van der Waals surface area contributed by atoms with E-state index in [2.05, 4.69) is 9.88 Å².